The highest BCUT2D eigenvalue weighted by Crippen LogP contribution is 2.20. The maximum Gasteiger partial charge on any atom is 0.124 e. The van der Waals surface area contributed by atoms with E-state index in [2.05, 4.69) is 39.5 Å². The molecule has 4 nitrogen and oxygen atoms in total. The number of fused-ring (bicyclic) bond motifs is 1. The third-order valence-electron chi connectivity index (χ3n) is 4.98. The minimum absolute atomic E-state index is 0.180. The third kappa shape index (κ3) is 3.24. The van der Waals surface area contributed by atoms with Crippen LogP contribution in [0.25, 0.3) is 11.0 Å². The molecule has 1 saturated heterocycles. The summed E-state index contributed by atoms with van der Waals surface area (Å²) in [6, 6.07) is 15.1. The number of para-hydroxylation sites is 2. The molecular formula is C20H23FN4. The van der Waals surface area contributed by atoms with Crippen LogP contribution in [0, 0.1) is 5.82 Å². The summed E-state index contributed by atoms with van der Waals surface area (Å²) in [5, 5.41) is 0. The summed E-state index contributed by atoms with van der Waals surface area (Å²) in [5.41, 5.74) is 3.39. The van der Waals surface area contributed by atoms with Gasteiger partial charge in [0.25, 0.3) is 0 Å². The molecule has 2 aromatic carbocycles. The lowest BCUT2D eigenvalue weighted by Gasteiger charge is -2.36. The molecule has 1 fully saturated rings. The summed E-state index contributed by atoms with van der Waals surface area (Å²) in [6.07, 6.45) is 0. The second kappa shape index (κ2) is 6.84. The summed E-state index contributed by atoms with van der Waals surface area (Å²) in [4.78, 5) is 9.60. The molecular weight excluding hydrogens is 315 g/mol. The molecule has 0 spiro atoms. The predicted molar refractivity (Wildman–Crippen MR) is 99.3 cm³/mol. The normalized spacial score (nSPS) is 15.8. The van der Waals surface area contributed by atoms with E-state index in [1.54, 1.807) is 0 Å². The van der Waals surface area contributed by atoms with Crippen molar-refractivity contribution in [1.29, 1.82) is 0 Å². The molecule has 1 aliphatic rings. The van der Waals surface area contributed by atoms with Crippen LogP contribution in [-0.4, -0.2) is 40.6 Å². The second-order valence-corrected chi connectivity index (χ2v) is 6.50. The van der Waals surface area contributed by atoms with Crippen LogP contribution in [0.5, 0.6) is 0 Å². The van der Waals surface area contributed by atoms with Crippen molar-refractivity contribution in [2.24, 2.45) is 0 Å². The number of nitrogens with zero attached hydrogens (tertiary/aromatic N) is 4. The van der Waals surface area contributed by atoms with Gasteiger partial charge in [-0.05, 0) is 43.3 Å². The highest BCUT2D eigenvalue weighted by molar-refractivity contribution is 5.75. The second-order valence-electron chi connectivity index (χ2n) is 6.50. The van der Waals surface area contributed by atoms with Gasteiger partial charge in [0, 0.05) is 38.4 Å². The molecule has 0 aliphatic carbocycles. The van der Waals surface area contributed by atoms with E-state index >= 15 is 0 Å². The smallest absolute Gasteiger partial charge is 0.124 e. The fourth-order valence-corrected chi connectivity index (χ4v) is 3.62. The number of piperazine rings is 1. The van der Waals surface area contributed by atoms with Crippen molar-refractivity contribution >= 4 is 16.7 Å². The number of imidazole rings is 1. The molecule has 1 aromatic heterocycles. The molecule has 0 bridgehead atoms. The molecule has 0 unspecified atom stereocenters. The van der Waals surface area contributed by atoms with Crippen molar-refractivity contribution in [2.75, 3.05) is 31.1 Å². The first kappa shape index (κ1) is 16.1. The van der Waals surface area contributed by atoms with Gasteiger partial charge in [-0.2, -0.15) is 0 Å². The van der Waals surface area contributed by atoms with Crippen LogP contribution >= 0.6 is 0 Å². The minimum Gasteiger partial charge on any atom is -0.369 e. The van der Waals surface area contributed by atoms with Gasteiger partial charge < -0.3 is 9.47 Å². The molecule has 0 amide bonds. The van der Waals surface area contributed by atoms with Crippen molar-refractivity contribution in [3.63, 3.8) is 0 Å². The molecule has 4 rings (SSSR count). The van der Waals surface area contributed by atoms with Gasteiger partial charge >= 0.3 is 0 Å². The van der Waals surface area contributed by atoms with E-state index in [0.717, 1.165) is 56.3 Å². The Morgan fingerprint density at radius 3 is 2.40 bits per heavy atom. The zero-order valence-electron chi connectivity index (χ0n) is 14.5. The number of rotatable bonds is 4. The number of benzene rings is 2. The Kier molecular flexibility index (Phi) is 4.40. The number of aromatic nitrogens is 2. The van der Waals surface area contributed by atoms with E-state index in [-0.39, 0.29) is 5.82 Å². The summed E-state index contributed by atoms with van der Waals surface area (Å²) < 4.78 is 15.4. The number of anilines is 1. The molecule has 0 saturated carbocycles. The Hall–Kier alpha value is -2.40. The lowest BCUT2D eigenvalue weighted by Crippen LogP contribution is -2.46. The molecule has 0 atom stereocenters. The summed E-state index contributed by atoms with van der Waals surface area (Å²) in [5.74, 6) is 0.958. The standard InChI is InChI=1S/C20H23FN4/c1-2-25-19-6-4-3-5-18(19)22-20(25)15-23-11-13-24(14-12-23)17-9-7-16(21)8-10-17/h3-10H,2,11-15H2,1H3. The van der Waals surface area contributed by atoms with E-state index in [9.17, 15) is 4.39 Å². The topological polar surface area (TPSA) is 24.3 Å². The van der Waals surface area contributed by atoms with Gasteiger partial charge in [-0.3, -0.25) is 4.90 Å². The van der Waals surface area contributed by atoms with E-state index in [1.165, 1.54) is 17.6 Å². The van der Waals surface area contributed by atoms with Crippen molar-refractivity contribution in [3.05, 3.63) is 60.2 Å². The first-order chi connectivity index (χ1) is 12.2. The first-order valence-electron chi connectivity index (χ1n) is 8.91. The fourth-order valence-electron chi connectivity index (χ4n) is 3.62. The lowest BCUT2D eigenvalue weighted by atomic mass is 10.2. The maximum atomic E-state index is 13.1. The Morgan fingerprint density at radius 1 is 0.960 bits per heavy atom. The molecule has 2 heterocycles. The molecule has 25 heavy (non-hydrogen) atoms. The van der Waals surface area contributed by atoms with Gasteiger partial charge in [0.05, 0.1) is 17.6 Å². The largest absolute Gasteiger partial charge is 0.369 e. The molecule has 1 aliphatic heterocycles. The zero-order chi connectivity index (χ0) is 17.2. The van der Waals surface area contributed by atoms with Crippen LogP contribution in [0.1, 0.15) is 12.7 Å². The Labute approximate surface area is 147 Å². The van der Waals surface area contributed by atoms with Crippen molar-refractivity contribution < 1.29 is 4.39 Å². The van der Waals surface area contributed by atoms with Gasteiger partial charge in [-0.15, -0.1) is 0 Å². The van der Waals surface area contributed by atoms with Gasteiger partial charge in [0.1, 0.15) is 11.6 Å². The van der Waals surface area contributed by atoms with Crippen molar-refractivity contribution in [1.82, 2.24) is 14.5 Å². The van der Waals surface area contributed by atoms with Gasteiger partial charge in [-0.25, -0.2) is 9.37 Å². The maximum absolute atomic E-state index is 13.1. The highest BCUT2D eigenvalue weighted by atomic mass is 19.1. The first-order valence-corrected chi connectivity index (χ1v) is 8.91. The molecule has 0 N–H and O–H groups in total. The average Bonchev–Trinajstić information content (AvgIpc) is 3.00. The zero-order valence-corrected chi connectivity index (χ0v) is 14.5. The molecule has 5 heteroatoms. The SMILES string of the molecule is CCn1c(CN2CCN(c3ccc(F)cc3)CC2)nc2ccccc21. The van der Waals surface area contributed by atoms with E-state index in [4.69, 9.17) is 4.98 Å². The van der Waals surface area contributed by atoms with E-state index in [1.807, 2.05) is 18.2 Å². The lowest BCUT2D eigenvalue weighted by molar-refractivity contribution is 0.241. The molecule has 3 aromatic rings. The average molecular weight is 338 g/mol. The molecule has 0 radical (unpaired) electrons. The van der Waals surface area contributed by atoms with Crippen LogP contribution in [0.2, 0.25) is 0 Å². The van der Waals surface area contributed by atoms with E-state index in [0.29, 0.717) is 0 Å². The number of hydrogen-bond donors (Lipinski definition) is 0. The monoisotopic (exact) mass is 338 g/mol. The van der Waals surface area contributed by atoms with Crippen molar-refractivity contribution in [2.45, 2.75) is 20.0 Å². The number of hydrogen-bond acceptors (Lipinski definition) is 3. The number of halogens is 1. The summed E-state index contributed by atoms with van der Waals surface area (Å²) in [6.45, 7) is 7.87. The van der Waals surface area contributed by atoms with Crippen LogP contribution in [0.15, 0.2) is 48.5 Å². The number of aryl methyl sites for hydroxylation is 1. The van der Waals surface area contributed by atoms with Gasteiger partial charge in [-0.1, -0.05) is 12.1 Å². The van der Waals surface area contributed by atoms with Crippen LogP contribution in [-0.2, 0) is 13.1 Å². The third-order valence-corrected chi connectivity index (χ3v) is 4.98. The highest BCUT2D eigenvalue weighted by Gasteiger charge is 2.19. The van der Waals surface area contributed by atoms with Crippen LogP contribution in [0.4, 0.5) is 10.1 Å². The quantitative estimate of drug-likeness (QED) is 0.727. The van der Waals surface area contributed by atoms with Crippen LogP contribution < -0.4 is 4.90 Å². The minimum atomic E-state index is -0.180. The Morgan fingerprint density at radius 2 is 1.68 bits per heavy atom. The van der Waals surface area contributed by atoms with Crippen molar-refractivity contribution in [3.8, 4) is 0 Å². The summed E-state index contributed by atoms with van der Waals surface area (Å²) in [7, 11) is 0. The predicted octanol–water partition coefficient (Wildman–Crippen LogP) is 3.52. The van der Waals surface area contributed by atoms with E-state index < -0.39 is 0 Å². The molecule has 130 valence electrons. The Bertz CT molecular complexity index is 848. The van der Waals surface area contributed by atoms with Crippen LogP contribution in [0.3, 0.4) is 0 Å². The fraction of sp³-hybridized carbons (Fsp3) is 0.350. The van der Waals surface area contributed by atoms with Gasteiger partial charge in [0.2, 0.25) is 0 Å². The Balaban J connectivity index is 1.44. The summed E-state index contributed by atoms with van der Waals surface area (Å²) >= 11 is 0. The van der Waals surface area contributed by atoms with Gasteiger partial charge in [0.15, 0.2) is 0 Å².